The minimum atomic E-state index is -0.668. The van der Waals surface area contributed by atoms with Gasteiger partial charge in [-0.3, -0.25) is 29.6 Å². The summed E-state index contributed by atoms with van der Waals surface area (Å²) in [6.07, 6.45) is 0.507. The number of amides is 4. The predicted molar refractivity (Wildman–Crippen MR) is 128 cm³/mol. The molecule has 1 aromatic heterocycles. The van der Waals surface area contributed by atoms with Gasteiger partial charge >= 0.3 is 0 Å². The number of H-pyrrole nitrogens is 1. The first-order valence-electron chi connectivity index (χ1n) is 10.9. The highest BCUT2D eigenvalue weighted by atomic mass is 35.5. The van der Waals surface area contributed by atoms with Crippen molar-refractivity contribution in [3.8, 4) is 11.3 Å². The van der Waals surface area contributed by atoms with Crippen molar-refractivity contribution in [3.63, 3.8) is 0 Å². The Morgan fingerprint density at radius 1 is 1.09 bits per heavy atom. The summed E-state index contributed by atoms with van der Waals surface area (Å²) in [6.45, 7) is 0.495. The first kappa shape index (κ1) is 23.1. The topological polar surface area (TPSA) is 124 Å². The monoisotopic (exact) mass is 511 g/mol. The molecule has 3 N–H and O–H groups in total. The molecule has 1 atom stereocenters. The molecule has 2 aliphatic heterocycles. The Bertz CT molecular complexity index is 1390. The van der Waals surface area contributed by atoms with Gasteiger partial charge in [-0.1, -0.05) is 35.3 Å². The van der Waals surface area contributed by atoms with Crippen molar-refractivity contribution in [3.05, 3.63) is 74.9 Å². The number of benzene rings is 2. The lowest BCUT2D eigenvalue weighted by Gasteiger charge is -2.29. The van der Waals surface area contributed by atoms with Crippen molar-refractivity contribution in [2.45, 2.75) is 32.0 Å². The van der Waals surface area contributed by atoms with E-state index in [1.165, 1.54) is 4.90 Å². The zero-order valence-corrected chi connectivity index (χ0v) is 19.7. The first-order valence-corrected chi connectivity index (χ1v) is 11.6. The van der Waals surface area contributed by atoms with E-state index in [0.29, 0.717) is 33.3 Å². The van der Waals surface area contributed by atoms with E-state index in [1.54, 1.807) is 36.4 Å². The van der Waals surface area contributed by atoms with Gasteiger partial charge < -0.3 is 10.2 Å². The summed E-state index contributed by atoms with van der Waals surface area (Å²) in [4.78, 5) is 50.5. The highest BCUT2D eigenvalue weighted by Gasteiger charge is 2.39. The molecule has 2 aromatic carbocycles. The minimum absolute atomic E-state index is 0.200. The molecule has 3 heterocycles. The van der Waals surface area contributed by atoms with Crippen LogP contribution in [0.1, 0.15) is 44.8 Å². The van der Waals surface area contributed by atoms with Crippen molar-refractivity contribution < 1.29 is 19.2 Å². The second kappa shape index (κ2) is 9.16. The Hall–Kier alpha value is -3.69. The number of rotatable bonds is 5. The second-order valence-electron chi connectivity index (χ2n) is 8.37. The van der Waals surface area contributed by atoms with Crippen LogP contribution in [-0.4, -0.2) is 44.8 Å². The zero-order valence-electron chi connectivity index (χ0n) is 18.2. The quantitative estimate of drug-likeness (QED) is 0.454. The lowest BCUT2D eigenvalue weighted by molar-refractivity contribution is -0.136. The van der Waals surface area contributed by atoms with Crippen molar-refractivity contribution in [1.82, 2.24) is 25.7 Å². The van der Waals surface area contributed by atoms with E-state index < -0.39 is 11.9 Å². The summed E-state index contributed by atoms with van der Waals surface area (Å²) in [6, 6.07) is 11.3. The number of carbonyl (C=O) groups is 4. The Morgan fingerprint density at radius 2 is 1.89 bits per heavy atom. The maximum Gasteiger partial charge on any atom is 0.272 e. The molecule has 5 rings (SSSR count). The van der Waals surface area contributed by atoms with E-state index in [9.17, 15) is 19.2 Å². The molecule has 1 saturated heterocycles. The molecule has 9 nitrogen and oxygen atoms in total. The Labute approximate surface area is 209 Å². The van der Waals surface area contributed by atoms with Crippen LogP contribution >= 0.6 is 23.2 Å². The highest BCUT2D eigenvalue weighted by Crippen LogP contribution is 2.30. The van der Waals surface area contributed by atoms with Crippen LogP contribution in [0.5, 0.6) is 0 Å². The number of aromatic nitrogens is 2. The number of piperidine rings is 1. The molecule has 0 radical (unpaired) electrons. The molecule has 3 aromatic rings. The fraction of sp³-hybridized carbons (Fsp3) is 0.208. The van der Waals surface area contributed by atoms with Crippen LogP contribution in [0.25, 0.3) is 11.3 Å². The number of nitrogens with one attached hydrogen (secondary N) is 3. The van der Waals surface area contributed by atoms with E-state index >= 15 is 0 Å². The number of imide groups is 1. The van der Waals surface area contributed by atoms with Crippen LogP contribution in [0, 0.1) is 0 Å². The van der Waals surface area contributed by atoms with Crippen LogP contribution < -0.4 is 10.6 Å². The summed E-state index contributed by atoms with van der Waals surface area (Å²) in [5, 5.41) is 12.9. The van der Waals surface area contributed by atoms with Gasteiger partial charge in [0, 0.05) is 35.7 Å². The molecular weight excluding hydrogens is 493 g/mol. The van der Waals surface area contributed by atoms with Gasteiger partial charge in [0.05, 0.1) is 10.7 Å². The third-order valence-corrected chi connectivity index (χ3v) is 6.62. The number of aromatic amines is 1. The predicted octanol–water partition coefficient (Wildman–Crippen LogP) is 3.07. The van der Waals surface area contributed by atoms with E-state index in [2.05, 4.69) is 20.8 Å². The number of hydrogen-bond donors (Lipinski definition) is 3. The average molecular weight is 512 g/mol. The number of fused-ring (bicyclic) bond motifs is 1. The van der Waals surface area contributed by atoms with Gasteiger partial charge in [-0.05, 0) is 47.9 Å². The van der Waals surface area contributed by atoms with Gasteiger partial charge in [0.2, 0.25) is 11.8 Å². The number of hydrogen-bond acceptors (Lipinski definition) is 5. The van der Waals surface area contributed by atoms with E-state index in [-0.39, 0.29) is 42.9 Å². The fourth-order valence-corrected chi connectivity index (χ4v) is 4.80. The summed E-state index contributed by atoms with van der Waals surface area (Å²) < 4.78 is 0. The van der Waals surface area contributed by atoms with Crippen molar-refractivity contribution in [2.24, 2.45) is 0 Å². The van der Waals surface area contributed by atoms with Crippen LogP contribution in [0.4, 0.5) is 0 Å². The third-order valence-electron chi connectivity index (χ3n) is 6.07. The Balaban J connectivity index is 1.24. The van der Waals surface area contributed by atoms with Gasteiger partial charge in [-0.15, -0.1) is 0 Å². The largest absolute Gasteiger partial charge is 0.347 e. The normalized spacial score (nSPS) is 17.4. The van der Waals surface area contributed by atoms with Crippen LogP contribution in [0.15, 0.2) is 42.5 Å². The van der Waals surface area contributed by atoms with Gasteiger partial charge in [-0.2, -0.15) is 5.10 Å². The number of nitrogens with zero attached hydrogens (tertiary/aromatic N) is 2. The molecular formula is C24H19Cl2N5O4. The lowest BCUT2D eigenvalue weighted by atomic mass is 10.0. The molecule has 4 amide bonds. The van der Waals surface area contributed by atoms with Gasteiger partial charge in [0.15, 0.2) is 5.69 Å². The summed E-state index contributed by atoms with van der Waals surface area (Å²) in [5.74, 6) is -1.39. The maximum absolute atomic E-state index is 12.8. The molecule has 178 valence electrons. The zero-order chi connectivity index (χ0) is 24.7. The second-order valence-corrected chi connectivity index (χ2v) is 9.21. The van der Waals surface area contributed by atoms with Gasteiger partial charge in [0.1, 0.15) is 6.04 Å². The SMILES string of the molecule is O=C1CCC(N2Cc3cc(CNC(=O)c4cc(-c5ccc(Cl)cc5Cl)[nH]n4)ccc3C2=O)C(=O)N1. The van der Waals surface area contributed by atoms with Gasteiger partial charge in [0.25, 0.3) is 11.8 Å². The highest BCUT2D eigenvalue weighted by molar-refractivity contribution is 6.36. The van der Waals surface area contributed by atoms with Crippen molar-refractivity contribution in [1.29, 1.82) is 0 Å². The minimum Gasteiger partial charge on any atom is -0.347 e. The van der Waals surface area contributed by atoms with Crippen LogP contribution in [-0.2, 0) is 22.7 Å². The summed E-state index contributed by atoms with van der Waals surface area (Å²) in [5.41, 5.74) is 3.54. The van der Waals surface area contributed by atoms with Crippen molar-refractivity contribution in [2.75, 3.05) is 0 Å². The molecule has 0 saturated carbocycles. The summed E-state index contributed by atoms with van der Waals surface area (Å²) >= 11 is 12.2. The van der Waals surface area contributed by atoms with Crippen LogP contribution in [0.2, 0.25) is 10.0 Å². The van der Waals surface area contributed by atoms with Crippen molar-refractivity contribution >= 4 is 46.8 Å². The van der Waals surface area contributed by atoms with Gasteiger partial charge in [-0.25, -0.2) is 0 Å². The Morgan fingerprint density at radius 3 is 2.66 bits per heavy atom. The lowest BCUT2D eigenvalue weighted by Crippen LogP contribution is -2.52. The smallest absolute Gasteiger partial charge is 0.272 e. The third kappa shape index (κ3) is 4.52. The molecule has 0 aliphatic carbocycles. The molecule has 0 bridgehead atoms. The molecule has 1 fully saturated rings. The number of carbonyl (C=O) groups excluding carboxylic acids is 4. The maximum atomic E-state index is 12.8. The van der Waals surface area contributed by atoms with Crippen LogP contribution in [0.3, 0.4) is 0 Å². The fourth-order valence-electron chi connectivity index (χ4n) is 4.29. The molecule has 1 unspecified atom stereocenters. The Kier molecular flexibility index (Phi) is 6.04. The van der Waals surface area contributed by atoms with E-state index in [0.717, 1.165) is 11.1 Å². The molecule has 35 heavy (non-hydrogen) atoms. The summed E-state index contributed by atoms with van der Waals surface area (Å²) in [7, 11) is 0. The van der Waals surface area contributed by atoms with E-state index in [1.807, 2.05) is 6.07 Å². The molecule has 2 aliphatic rings. The average Bonchev–Trinajstić information content (AvgIpc) is 3.43. The van der Waals surface area contributed by atoms with E-state index in [4.69, 9.17) is 23.2 Å². The number of halogens is 2. The molecule has 11 heteroatoms. The first-order chi connectivity index (χ1) is 16.8. The molecule has 0 spiro atoms. The standard InChI is InChI=1S/C24H19Cl2N5O4/c25-14-2-4-16(17(26)8-14)18-9-19(30-29-18)22(33)27-10-12-1-3-15-13(7-12)11-31(24(15)35)20-5-6-21(32)28-23(20)34/h1-4,7-9,20H,5-6,10-11H2,(H,27,33)(H,29,30)(H,28,32,34).